The number of aromatic nitrogens is 1. The molecule has 1 aromatic heterocycles. The van der Waals surface area contributed by atoms with Crippen LogP contribution in [0.5, 0.6) is 0 Å². The summed E-state index contributed by atoms with van der Waals surface area (Å²) in [5, 5.41) is 22.6. The van der Waals surface area contributed by atoms with Crippen LogP contribution in [0.1, 0.15) is 64.6 Å². The number of carbonyl (C=O) groups is 5. The highest BCUT2D eigenvalue weighted by Gasteiger charge is 2.52. The van der Waals surface area contributed by atoms with E-state index in [9.17, 15) is 29.1 Å². The fourth-order valence-electron chi connectivity index (χ4n) is 9.46. The zero-order valence-electron chi connectivity index (χ0n) is 42.8. The number of aliphatic hydroxyl groups is 1. The molecule has 7 aromatic rings. The Hall–Kier alpha value is -7.78. The molecule has 8 rings (SSSR count). The minimum Gasteiger partial charge on any atom is -0.468 e. The van der Waals surface area contributed by atoms with Crippen molar-refractivity contribution in [3.63, 3.8) is 0 Å². The molecule has 4 amide bonds. The van der Waals surface area contributed by atoms with Crippen LogP contribution in [-0.4, -0.2) is 88.6 Å². The van der Waals surface area contributed by atoms with Gasteiger partial charge in [-0.1, -0.05) is 200 Å². The van der Waals surface area contributed by atoms with Crippen molar-refractivity contribution < 1.29 is 33.8 Å². The summed E-state index contributed by atoms with van der Waals surface area (Å²) in [7, 11) is 1.22. The molecule has 0 bridgehead atoms. The maximum Gasteiger partial charge on any atom is 0.325 e. The fourth-order valence-corrected chi connectivity index (χ4v) is 12.5. The molecule has 0 radical (unpaired) electrons. The van der Waals surface area contributed by atoms with Gasteiger partial charge in [0.05, 0.1) is 29.1 Å². The van der Waals surface area contributed by atoms with Gasteiger partial charge in [0.2, 0.25) is 23.6 Å². The Kier molecular flexibility index (Phi) is 19.3. The van der Waals surface area contributed by atoms with Crippen molar-refractivity contribution in [2.45, 2.75) is 65.3 Å². The van der Waals surface area contributed by atoms with Crippen LogP contribution in [0.25, 0.3) is 0 Å². The smallest absolute Gasteiger partial charge is 0.325 e. The molecule has 0 saturated heterocycles. The standard InChI is InChI=1S/C63H63N5O7S2/c1-75-57(71)44-65-60(74)61(37-38-61)68-59(73)55(45-77-63(50-30-14-5-15-31-50,51-32-16-6-17-33-51)52-34-18-7-19-35-52)67-58(72)54(41-46-23-22-39-64-43-46)66-56(70)42-53(69)36-20-21-40-76-62(47-24-8-2-9-25-47,48-26-10-3-11-27-48)49-28-12-4-13-29-49/h2-20,22-36,39,43,53-55,69H,21,37-38,40-42,44-45H2,1H3,(H,65,74)(H,66,70)(H,67,72)(H,68,73)/t53-,54-,55-/m1/s1. The summed E-state index contributed by atoms with van der Waals surface area (Å²) in [5.74, 6) is -2.36. The molecule has 12 nitrogen and oxygen atoms in total. The van der Waals surface area contributed by atoms with Crippen LogP contribution in [0.3, 0.4) is 0 Å². The second-order valence-electron chi connectivity index (χ2n) is 18.8. The van der Waals surface area contributed by atoms with Crippen molar-refractivity contribution in [2.75, 3.05) is 25.2 Å². The van der Waals surface area contributed by atoms with E-state index in [4.69, 9.17) is 4.74 Å². The van der Waals surface area contributed by atoms with Crippen molar-refractivity contribution >= 4 is 53.1 Å². The third-order valence-corrected chi connectivity index (χ3v) is 16.7. The Morgan fingerprint density at radius 2 is 1.09 bits per heavy atom. The molecule has 14 heteroatoms. The number of hydrogen-bond donors (Lipinski definition) is 5. The molecule has 3 atom stereocenters. The summed E-state index contributed by atoms with van der Waals surface area (Å²) in [6, 6.07) is 62.0. The summed E-state index contributed by atoms with van der Waals surface area (Å²) in [6.45, 7) is -0.380. The van der Waals surface area contributed by atoms with E-state index >= 15 is 0 Å². The molecule has 1 saturated carbocycles. The van der Waals surface area contributed by atoms with Crippen LogP contribution in [-0.2, 0) is 44.6 Å². The minimum atomic E-state index is -1.31. The number of ether oxygens (including phenoxy) is 1. The SMILES string of the molecule is COC(=O)CNC(=O)C1(NC(=O)[C@@H](CSC(c2ccccc2)(c2ccccc2)c2ccccc2)NC(=O)[C@@H](Cc2cccnc2)NC(=O)C[C@H](O)C=CCCSC(c2ccccc2)(c2ccccc2)c2ccccc2)CC1. The van der Waals surface area contributed by atoms with Gasteiger partial charge >= 0.3 is 5.97 Å². The van der Waals surface area contributed by atoms with Crippen LogP contribution in [0.15, 0.2) is 219 Å². The summed E-state index contributed by atoms with van der Waals surface area (Å²) >= 11 is 3.25. The van der Waals surface area contributed by atoms with E-state index in [1.165, 1.54) is 18.9 Å². The Bertz CT molecular complexity index is 2850. The molecule has 1 aliphatic rings. The summed E-state index contributed by atoms with van der Waals surface area (Å²) in [4.78, 5) is 73.3. The monoisotopic (exact) mass is 1070 g/mol. The molecule has 1 aliphatic carbocycles. The van der Waals surface area contributed by atoms with Crippen LogP contribution < -0.4 is 21.3 Å². The molecule has 0 spiro atoms. The predicted octanol–water partition coefficient (Wildman–Crippen LogP) is 8.68. The molecule has 0 aliphatic heterocycles. The van der Waals surface area contributed by atoms with Crippen molar-refractivity contribution in [3.8, 4) is 0 Å². The molecular weight excluding hydrogens is 1000 g/mol. The van der Waals surface area contributed by atoms with Gasteiger partial charge in [0.1, 0.15) is 24.2 Å². The van der Waals surface area contributed by atoms with Gasteiger partial charge in [0.15, 0.2) is 0 Å². The van der Waals surface area contributed by atoms with Crippen LogP contribution in [0.4, 0.5) is 0 Å². The molecule has 0 unspecified atom stereocenters. The molecule has 77 heavy (non-hydrogen) atoms. The van der Waals surface area contributed by atoms with Crippen LogP contribution in [0, 0.1) is 0 Å². The van der Waals surface area contributed by atoms with Crippen LogP contribution in [0.2, 0.25) is 0 Å². The van der Waals surface area contributed by atoms with Gasteiger partial charge in [-0.05, 0) is 70.0 Å². The molecule has 6 aromatic carbocycles. The van der Waals surface area contributed by atoms with Gasteiger partial charge in [0, 0.05) is 24.6 Å². The highest BCUT2D eigenvalue weighted by Crippen LogP contribution is 2.50. The van der Waals surface area contributed by atoms with E-state index in [-0.39, 0.29) is 25.1 Å². The summed E-state index contributed by atoms with van der Waals surface area (Å²) in [5.41, 5.74) is 5.56. The second kappa shape index (κ2) is 26.8. The predicted molar refractivity (Wildman–Crippen MR) is 305 cm³/mol. The average Bonchev–Trinajstić information content (AvgIpc) is 4.28. The number of esters is 1. The van der Waals surface area contributed by atoms with Gasteiger partial charge in [-0.2, -0.15) is 0 Å². The number of nitrogens with one attached hydrogen (secondary N) is 4. The van der Waals surface area contributed by atoms with Crippen molar-refractivity contribution in [2.24, 2.45) is 0 Å². The number of allylic oxidation sites excluding steroid dienone is 1. The van der Waals surface area contributed by atoms with Crippen LogP contribution >= 0.6 is 23.5 Å². The maximum absolute atomic E-state index is 14.8. The number of nitrogens with zero attached hydrogens (tertiary/aromatic N) is 1. The lowest BCUT2D eigenvalue weighted by atomic mass is 9.84. The minimum absolute atomic E-state index is 0.00857. The van der Waals surface area contributed by atoms with E-state index in [0.717, 1.165) is 33.4 Å². The van der Waals surface area contributed by atoms with E-state index in [0.29, 0.717) is 30.6 Å². The number of carbonyl (C=O) groups excluding carboxylic acids is 5. The molecule has 1 heterocycles. The van der Waals surface area contributed by atoms with E-state index in [1.54, 1.807) is 42.4 Å². The Morgan fingerprint density at radius 1 is 0.623 bits per heavy atom. The third-order valence-electron chi connectivity index (χ3n) is 13.5. The van der Waals surface area contributed by atoms with E-state index in [1.807, 2.05) is 115 Å². The lowest BCUT2D eigenvalue weighted by molar-refractivity contribution is -0.141. The highest BCUT2D eigenvalue weighted by atomic mass is 32.2. The molecular formula is C63H63N5O7S2. The molecule has 1 fully saturated rings. The van der Waals surface area contributed by atoms with Crippen molar-refractivity contribution in [1.29, 1.82) is 0 Å². The first-order valence-electron chi connectivity index (χ1n) is 25.7. The van der Waals surface area contributed by atoms with E-state index < -0.39 is 62.8 Å². The van der Waals surface area contributed by atoms with Crippen molar-refractivity contribution in [3.05, 3.63) is 258 Å². The normalized spacial score (nSPS) is 14.1. The third kappa shape index (κ3) is 14.0. The quantitative estimate of drug-likeness (QED) is 0.0153. The number of methoxy groups -OCH3 is 1. The first-order valence-corrected chi connectivity index (χ1v) is 27.6. The highest BCUT2D eigenvalue weighted by molar-refractivity contribution is 8.00. The number of thioether (sulfide) groups is 2. The maximum atomic E-state index is 14.8. The lowest BCUT2D eigenvalue weighted by Crippen LogP contribution is -2.59. The number of aliphatic hydroxyl groups excluding tert-OH is 1. The Morgan fingerprint density at radius 3 is 1.52 bits per heavy atom. The Balaban J connectivity index is 1.01. The summed E-state index contributed by atoms with van der Waals surface area (Å²) < 4.78 is 3.32. The van der Waals surface area contributed by atoms with Gasteiger partial charge in [-0.15, -0.1) is 23.5 Å². The number of benzene rings is 6. The van der Waals surface area contributed by atoms with E-state index in [2.05, 4.69) is 99.0 Å². The number of pyridine rings is 1. The molecule has 394 valence electrons. The first-order chi connectivity index (χ1) is 37.6. The number of rotatable bonds is 26. The zero-order chi connectivity index (χ0) is 53.9. The zero-order valence-corrected chi connectivity index (χ0v) is 44.5. The molecule has 5 N–H and O–H groups in total. The topological polar surface area (TPSA) is 176 Å². The van der Waals surface area contributed by atoms with Gasteiger partial charge in [-0.25, -0.2) is 0 Å². The largest absolute Gasteiger partial charge is 0.468 e. The summed E-state index contributed by atoms with van der Waals surface area (Å²) in [6.07, 6.45) is 6.43. The van der Waals surface area contributed by atoms with Gasteiger partial charge in [0.25, 0.3) is 0 Å². The van der Waals surface area contributed by atoms with Gasteiger partial charge in [-0.3, -0.25) is 29.0 Å². The number of amides is 4. The van der Waals surface area contributed by atoms with Crippen molar-refractivity contribution in [1.82, 2.24) is 26.3 Å². The Labute approximate surface area is 458 Å². The number of hydrogen-bond acceptors (Lipinski definition) is 10. The fraction of sp³-hybridized carbons (Fsp3) is 0.238. The average molecular weight is 1070 g/mol. The lowest BCUT2D eigenvalue weighted by Gasteiger charge is -2.37. The first kappa shape index (κ1) is 55.5. The second-order valence-corrected chi connectivity index (χ2v) is 21.3. The van der Waals surface area contributed by atoms with Gasteiger partial charge < -0.3 is 31.1 Å².